The molecule has 1 aliphatic rings. The van der Waals surface area contributed by atoms with E-state index in [2.05, 4.69) is 5.32 Å². The number of hydrogen-bond acceptors (Lipinski definition) is 2. The number of nitrogens with one attached hydrogen (secondary N) is 1. The Bertz CT molecular complexity index is 217. The highest BCUT2D eigenvalue weighted by Crippen LogP contribution is 2.32. The van der Waals surface area contributed by atoms with Crippen molar-refractivity contribution in [2.75, 3.05) is 6.61 Å². The second-order valence-corrected chi connectivity index (χ2v) is 5.24. The maximum absolute atomic E-state index is 11.0. The van der Waals surface area contributed by atoms with Crippen molar-refractivity contribution < 1.29 is 9.90 Å². The van der Waals surface area contributed by atoms with E-state index in [0.29, 0.717) is 12.3 Å². The Hall–Kier alpha value is -0.280. The summed E-state index contributed by atoms with van der Waals surface area (Å²) in [5, 5.41) is 11.8. The van der Waals surface area contributed by atoms with Crippen molar-refractivity contribution in [2.24, 2.45) is 5.92 Å². The minimum Gasteiger partial charge on any atom is -0.393 e. The minimum absolute atomic E-state index is 0.185. The average Bonchev–Trinajstić information content (AvgIpc) is 2.18. The van der Waals surface area contributed by atoms with Crippen molar-refractivity contribution in [3.8, 4) is 0 Å². The number of halogens is 1. The van der Waals surface area contributed by atoms with Crippen molar-refractivity contribution in [1.29, 1.82) is 0 Å². The Balaban J connectivity index is 2.46. The molecule has 0 bridgehead atoms. The molecule has 1 rings (SSSR count). The average molecular weight is 234 g/mol. The summed E-state index contributed by atoms with van der Waals surface area (Å²) < 4.78 is 0. The summed E-state index contributed by atoms with van der Waals surface area (Å²) in [5.74, 6) is 0.352. The van der Waals surface area contributed by atoms with E-state index < -0.39 is 5.00 Å². The molecule has 0 aromatic carbocycles. The molecular weight excluding hydrogens is 214 g/mol. The number of aliphatic hydroxyl groups excluding tert-OH is 1. The first-order valence-electron chi connectivity index (χ1n) is 5.64. The number of rotatable bonds is 4. The molecule has 0 saturated heterocycles. The molecule has 1 saturated carbocycles. The van der Waals surface area contributed by atoms with Crippen LogP contribution in [0.4, 0.5) is 0 Å². The maximum Gasteiger partial charge on any atom is 0.218 e. The molecule has 1 aliphatic carbocycles. The largest absolute Gasteiger partial charge is 0.393 e. The molecule has 1 unspecified atom stereocenters. The summed E-state index contributed by atoms with van der Waals surface area (Å²) in [6.45, 7) is 1.22. The lowest BCUT2D eigenvalue weighted by Crippen LogP contribution is -2.47. The highest BCUT2D eigenvalue weighted by atomic mass is 35.5. The Morgan fingerprint density at radius 3 is 2.53 bits per heavy atom. The van der Waals surface area contributed by atoms with Crippen LogP contribution in [0.25, 0.3) is 0 Å². The van der Waals surface area contributed by atoms with Crippen LogP contribution in [0.15, 0.2) is 0 Å². The van der Waals surface area contributed by atoms with Gasteiger partial charge in [-0.1, -0.05) is 43.7 Å². The number of amides is 1. The molecule has 15 heavy (non-hydrogen) atoms. The predicted molar refractivity (Wildman–Crippen MR) is 60.7 cm³/mol. The molecule has 1 amide bonds. The van der Waals surface area contributed by atoms with Gasteiger partial charge in [-0.25, -0.2) is 0 Å². The fourth-order valence-corrected chi connectivity index (χ4v) is 2.67. The quantitative estimate of drug-likeness (QED) is 0.577. The van der Waals surface area contributed by atoms with E-state index in [9.17, 15) is 9.90 Å². The van der Waals surface area contributed by atoms with Crippen molar-refractivity contribution in [1.82, 2.24) is 5.32 Å². The van der Waals surface area contributed by atoms with Gasteiger partial charge in [-0.15, -0.1) is 0 Å². The molecule has 88 valence electrons. The third kappa shape index (κ3) is 4.39. The van der Waals surface area contributed by atoms with Crippen LogP contribution < -0.4 is 5.32 Å². The fraction of sp³-hybridized carbons (Fsp3) is 0.909. The number of hydrogen-bond donors (Lipinski definition) is 2. The lowest BCUT2D eigenvalue weighted by atomic mass is 9.84. The molecule has 4 heteroatoms. The topological polar surface area (TPSA) is 49.3 Å². The summed E-state index contributed by atoms with van der Waals surface area (Å²) in [6.07, 6.45) is 6.77. The monoisotopic (exact) mass is 233 g/mol. The van der Waals surface area contributed by atoms with Crippen LogP contribution in [0.3, 0.4) is 0 Å². The molecule has 0 radical (unpaired) electrons. The third-order valence-corrected chi connectivity index (χ3v) is 3.36. The predicted octanol–water partition coefficient (Wildman–Crippen LogP) is 2.02. The smallest absolute Gasteiger partial charge is 0.218 e. The van der Waals surface area contributed by atoms with Crippen LogP contribution in [-0.4, -0.2) is 22.6 Å². The second-order valence-electron chi connectivity index (χ2n) is 4.51. The van der Waals surface area contributed by atoms with E-state index in [1.54, 1.807) is 0 Å². The molecule has 3 nitrogen and oxygen atoms in total. The fourth-order valence-electron chi connectivity index (χ4n) is 2.32. The lowest BCUT2D eigenvalue weighted by Gasteiger charge is -2.31. The number of aliphatic hydroxyl groups is 1. The Kier molecular flexibility index (Phi) is 4.87. The van der Waals surface area contributed by atoms with E-state index in [1.807, 2.05) is 0 Å². The van der Waals surface area contributed by atoms with E-state index in [1.165, 1.54) is 26.2 Å². The van der Waals surface area contributed by atoms with Crippen LogP contribution in [0.1, 0.15) is 45.4 Å². The van der Waals surface area contributed by atoms with Gasteiger partial charge in [0.15, 0.2) is 0 Å². The number of carbonyl (C=O) groups is 1. The molecule has 0 spiro atoms. The van der Waals surface area contributed by atoms with E-state index in [-0.39, 0.29) is 12.5 Å². The highest BCUT2D eigenvalue weighted by molar-refractivity contribution is 6.24. The zero-order chi connectivity index (χ0) is 11.3. The van der Waals surface area contributed by atoms with Gasteiger partial charge in [0.1, 0.15) is 5.00 Å². The van der Waals surface area contributed by atoms with Gasteiger partial charge < -0.3 is 10.4 Å². The Morgan fingerprint density at radius 1 is 1.47 bits per heavy atom. The molecular formula is C11H20ClNO2. The normalized spacial score (nSPS) is 22.1. The number of carbonyl (C=O) groups excluding carboxylic acids is 1. The van der Waals surface area contributed by atoms with Gasteiger partial charge in [0.2, 0.25) is 5.91 Å². The zero-order valence-corrected chi connectivity index (χ0v) is 10.0. The first-order chi connectivity index (χ1) is 7.06. The standard InChI is InChI=1S/C11H20ClNO2/c1-9(15)13-11(12,8-14)7-10-5-3-2-4-6-10/h10,14H,2-8H2,1H3,(H,13,15). The van der Waals surface area contributed by atoms with E-state index in [4.69, 9.17) is 11.6 Å². The van der Waals surface area contributed by atoms with Crippen LogP contribution >= 0.6 is 11.6 Å². The van der Waals surface area contributed by atoms with Gasteiger partial charge in [-0.3, -0.25) is 4.79 Å². The molecule has 0 aromatic rings. The van der Waals surface area contributed by atoms with Crippen molar-refractivity contribution in [2.45, 2.75) is 50.4 Å². The minimum atomic E-state index is -0.951. The van der Waals surface area contributed by atoms with Gasteiger partial charge in [-0.05, 0) is 12.3 Å². The maximum atomic E-state index is 11.0. The summed E-state index contributed by atoms with van der Waals surface area (Å²) in [7, 11) is 0. The van der Waals surface area contributed by atoms with Crippen LogP contribution in [0.5, 0.6) is 0 Å². The first kappa shape index (κ1) is 12.8. The van der Waals surface area contributed by atoms with Crippen LogP contribution in [-0.2, 0) is 4.79 Å². The molecule has 0 aromatic heterocycles. The first-order valence-corrected chi connectivity index (χ1v) is 6.02. The van der Waals surface area contributed by atoms with Gasteiger partial charge >= 0.3 is 0 Å². The third-order valence-electron chi connectivity index (χ3n) is 2.99. The van der Waals surface area contributed by atoms with Crippen LogP contribution in [0, 0.1) is 5.92 Å². The van der Waals surface area contributed by atoms with Gasteiger partial charge in [0.25, 0.3) is 0 Å². The molecule has 1 atom stereocenters. The SMILES string of the molecule is CC(=O)NC(Cl)(CO)CC1CCCCC1. The second kappa shape index (κ2) is 5.71. The van der Waals surface area contributed by atoms with Gasteiger partial charge in [0, 0.05) is 6.92 Å². The summed E-state index contributed by atoms with van der Waals surface area (Å²) in [5.41, 5.74) is 0. The molecule has 2 N–H and O–H groups in total. The Labute approximate surface area is 96.2 Å². The summed E-state index contributed by atoms with van der Waals surface area (Å²) in [6, 6.07) is 0. The summed E-state index contributed by atoms with van der Waals surface area (Å²) >= 11 is 6.17. The van der Waals surface area contributed by atoms with E-state index >= 15 is 0 Å². The van der Waals surface area contributed by atoms with Gasteiger partial charge in [0.05, 0.1) is 6.61 Å². The van der Waals surface area contributed by atoms with Crippen molar-refractivity contribution >= 4 is 17.5 Å². The van der Waals surface area contributed by atoms with Crippen molar-refractivity contribution in [3.63, 3.8) is 0 Å². The zero-order valence-electron chi connectivity index (χ0n) is 9.26. The van der Waals surface area contributed by atoms with E-state index in [0.717, 1.165) is 12.8 Å². The molecule has 0 heterocycles. The summed E-state index contributed by atoms with van der Waals surface area (Å²) in [4.78, 5) is 10.0. The molecule has 1 fully saturated rings. The van der Waals surface area contributed by atoms with Gasteiger partial charge in [-0.2, -0.15) is 0 Å². The number of alkyl halides is 1. The Morgan fingerprint density at radius 2 is 2.07 bits per heavy atom. The molecule has 0 aliphatic heterocycles. The lowest BCUT2D eigenvalue weighted by molar-refractivity contribution is -0.120. The highest BCUT2D eigenvalue weighted by Gasteiger charge is 2.31. The van der Waals surface area contributed by atoms with Crippen LogP contribution in [0.2, 0.25) is 0 Å². The van der Waals surface area contributed by atoms with Crippen molar-refractivity contribution in [3.05, 3.63) is 0 Å².